The van der Waals surface area contributed by atoms with Gasteiger partial charge in [-0.05, 0) is 23.7 Å². The van der Waals surface area contributed by atoms with Crippen molar-refractivity contribution < 1.29 is 18.0 Å². The van der Waals surface area contributed by atoms with Crippen molar-refractivity contribution in [2.24, 2.45) is 0 Å². The molecule has 0 saturated heterocycles. The summed E-state index contributed by atoms with van der Waals surface area (Å²) in [5, 5.41) is 0.613. The monoisotopic (exact) mass is 294 g/mol. The molecule has 96 valence electrons. The molecule has 0 aliphatic heterocycles. The molecule has 0 aliphatic rings. The third-order valence-electron chi connectivity index (χ3n) is 2.29. The lowest BCUT2D eigenvalue weighted by molar-refractivity contribution is -0.170. The molecule has 0 N–H and O–H groups in total. The van der Waals surface area contributed by atoms with E-state index in [1.165, 1.54) is 6.07 Å². The summed E-state index contributed by atoms with van der Waals surface area (Å²) in [4.78, 5) is 11.6. The van der Waals surface area contributed by atoms with Gasteiger partial charge in [-0.15, -0.1) is 0 Å². The van der Waals surface area contributed by atoms with Gasteiger partial charge in [-0.25, -0.2) is 0 Å². The van der Waals surface area contributed by atoms with E-state index in [9.17, 15) is 18.0 Å². The topological polar surface area (TPSA) is 33.2 Å². The summed E-state index contributed by atoms with van der Waals surface area (Å²) < 4.78 is 41.5. The van der Waals surface area contributed by atoms with Crippen LogP contribution in [0.15, 0.2) is 18.2 Å². The third-order valence-corrected chi connectivity index (χ3v) is 3.41. The number of carbonyl (C=O) groups is 1. The van der Waals surface area contributed by atoms with E-state index in [0.717, 1.165) is 18.6 Å². The number of amides is 1. The fraction of sp³-hybridized carbons (Fsp3) is 0.200. The molecular formula is C10H6ClF3N2OS. The molecule has 8 heteroatoms. The number of halogens is 4. The normalized spacial score (nSPS) is 11.8. The van der Waals surface area contributed by atoms with Gasteiger partial charge in [0, 0.05) is 7.05 Å². The predicted molar refractivity (Wildman–Crippen MR) is 64.1 cm³/mol. The number of anilines is 1. The Morgan fingerprint density at radius 1 is 1.44 bits per heavy atom. The van der Waals surface area contributed by atoms with E-state index < -0.39 is 12.1 Å². The molecule has 1 aromatic heterocycles. The van der Waals surface area contributed by atoms with Gasteiger partial charge in [0.15, 0.2) is 5.82 Å². The van der Waals surface area contributed by atoms with Crippen LogP contribution in [-0.2, 0) is 4.79 Å². The Morgan fingerprint density at radius 3 is 2.72 bits per heavy atom. The van der Waals surface area contributed by atoms with Crippen LogP contribution in [0.3, 0.4) is 0 Å². The van der Waals surface area contributed by atoms with Crippen molar-refractivity contribution in [3.05, 3.63) is 23.2 Å². The molecule has 0 bridgehead atoms. The predicted octanol–water partition coefficient (Wildman–Crippen LogP) is 3.47. The molecular weight excluding hydrogens is 289 g/mol. The van der Waals surface area contributed by atoms with Crippen LogP contribution in [0.25, 0.3) is 10.1 Å². The minimum absolute atomic E-state index is 0.0806. The van der Waals surface area contributed by atoms with Gasteiger partial charge in [0.25, 0.3) is 0 Å². The van der Waals surface area contributed by atoms with Crippen molar-refractivity contribution in [2.45, 2.75) is 6.18 Å². The van der Waals surface area contributed by atoms with E-state index in [1.54, 1.807) is 12.1 Å². The molecule has 1 amide bonds. The number of alkyl halides is 3. The van der Waals surface area contributed by atoms with Crippen molar-refractivity contribution in [3.63, 3.8) is 0 Å². The van der Waals surface area contributed by atoms with E-state index in [1.807, 2.05) is 0 Å². The maximum atomic E-state index is 12.3. The number of hydrogen-bond acceptors (Lipinski definition) is 3. The highest BCUT2D eigenvalue weighted by molar-refractivity contribution is 7.13. The summed E-state index contributed by atoms with van der Waals surface area (Å²) in [5.41, 5.74) is 0. The van der Waals surface area contributed by atoms with Gasteiger partial charge in [0.2, 0.25) is 0 Å². The zero-order valence-electron chi connectivity index (χ0n) is 8.95. The molecule has 2 aromatic rings. The first-order chi connectivity index (χ1) is 8.32. The zero-order chi connectivity index (χ0) is 13.5. The number of fused-ring (bicyclic) bond motifs is 1. The highest BCUT2D eigenvalue weighted by atomic mass is 35.5. The van der Waals surface area contributed by atoms with Crippen molar-refractivity contribution in [2.75, 3.05) is 11.9 Å². The minimum atomic E-state index is -4.94. The van der Waals surface area contributed by atoms with Crippen molar-refractivity contribution in [1.82, 2.24) is 4.37 Å². The molecule has 0 unspecified atom stereocenters. The van der Waals surface area contributed by atoms with Crippen molar-refractivity contribution in [3.8, 4) is 0 Å². The van der Waals surface area contributed by atoms with Crippen LogP contribution in [0.5, 0.6) is 0 Å². The highest BCUT2D eigenvalue weighted by Crippen LogP contribution is 2.35. The zero-order valence-corrected chi connectivity index (χ0v) is 10.5. The average Bonchev–Trinajstić information content (AvgIpc) is 2.71. The van der Waals surface area contributed by atoms with Crippen molar-refractivity contribution >= 4 is 44.9 Å². The summed E-state index contributed by atoms with van der Waals surface area (Å²) in [5.74, 6) is -2.06. The first-order valence-electron chi connectivity index (χ1n) is 4.71. The van der Waals surface area contributed by atoms with Crippen LogP contribution >= 0.6 is 23.1 Å². The molecule has 18 heavy (non-hydrogen) atoms. The van der Waals surface area contributed by atoms with Gasteiger partial charge in [0.05, 0.1) is 15.1 Å². The Morgan fingerprint density at radius 2 is 2.11 bits per heavy atom. The van der Waals surface area contributed by atoms with E-state index in [2.05, 4.69) is 4.37 Å². The summed E-state index contributed by atoms with van der Waals surface area (Å²) in [6.45, 7) is 0. The van der Waals surface area contributed by atoms with Crippen LogP contribution in [0.2, 0.25) is 5.02 Å². The third kappa shape index (κ3) is 2.15. The van der Waals surface area contributed by atoms with Crippen LogP contribution in [0, 0.1) is 0 Å². The van der Waals surface area contributed by atoms with Crippen LogP contribution in [-0.4, -0.2) is 23.5 Å². The number of hydrogen-bond donors (Lipinski definition) is 0. The lowest BCUT2D eigenvalue weighted by atomic mass is 10.2. The van der Waals surface area contributed by atoms with Gasteiger partial charge >= 0.3 is 12.1 Å². The van der Waals surface area contributed by atoms with E-state index in [4.69, 9.17) is 11.6 Å². The summed E-state index contributed by atoms with van der Waals surface area (Å²) in [7, 11) is 1.02. The molecule has 2 rings (SSSR count). The standard InChI is InChI=1S/C10H6ClF3N2OS/c1-16(9(17)10(12,13)14)8-7-5(11)3-2-4-6(7)18-15-8/h2-4H,1H3. The van der Waals surface area contributed by atoms with Crippen LogP contribution < -0.4 is 4.90 Å². The van der Waals surface area contributed by atoms with Gasteiger partial charge < -0.3 is 0 Å². The molecule has 3 nitrogen and oxygen atoms in total. The van der Waals surface area contributed by atoms with E-state index in [-0.39, 0.29) is 10.8 Å². The molecule has 0 fully saturated rings. The number of benzene rings is 1. The fourth-order valence-corrected chi connectivity index (χ4v) is 2.60. The Labute approximate surface area is 109 Å². The Kier molecular flexibility index (Phi) is 3.20. The Balaban J connectivity index is 2.52. The molecule has 0 aliphatic carbocycles. The lowest BCUT2D eigenvalue weighted by Crippen LogP contribution is -2.38. The number of carbonyl (C=O) groups excluding carboxylic acids is 1. The van der Waals surface area contributed by atoms with Gasteiger partial charge in [-0.3, -0.25) is 9.69 Å². The first kappa shape index (κ1) is 13.1. The summed E-state index contributed by atoms with van der Waals surface area (Å²) in [6.07, 6.45) is -4.94. The molecule has 0 saturated carbocycles. The van der Waals surface area contributed by atoms with Crippen LogP contribution in [0.4, 0.5) is 19.0 Å². The average molecular weight is 295 g/mol. The maximum Gasteiger partial charge on any atom is 0.471 e. The van der Waals surface area contributed by atoms with Gasteiger partial charge in [-0.2, -0.15) is 17.5 Å². The summed E-state index contributed by atoms with van der Waals surface area (Å²) >= 11 is 6.90. The maximum absolute atomic E-state index is 12.3. The Bertz CT molecular complexity index is 611. The number of aromatic nitrogens is 1. The molecule has 0 spiro atoms. The molecule has 0 radical (unpaired) electrons. The highest BCUT2D eigenvalue weighted by Gasteiger charge is 2.42. The summed E-state index contributed by atoms with van der Waals surface area (Å²) in [6, 6.07) is 4.88. The molecule has 1 heterocycles. The number of nitrogens with zero attached hydrogens (tertiary/aromatic N) is 2. The molecule has 0 atom stereocenters. The SMILES string of the molecule is CN(C(=O)C(F)(F)F)c1nsc2cccc(Cl)c12. The number of rotatable bonds is 1. The lowest BCUT2D eigenvalue weighted by Gasteiger charge is -2.16. The quantitative estimate of drug-likeness (QED) is 0.807. The van der Waals surface area contributed by atoms with E-state index >= 15 is 0 Å². The Hall–Kier alpha value is -1.34. The fourth-order valence-electron chi connectivity index (χ4n) is 1.45. The second kappa shape index (κ2) is 4.40. The second-order valence-electron chi connectivity index (χ2n) is 3.48. The largest absolute Gasteiger partial charge is 0.471 e. The first-order valence-corrected chi connectivity index (χ1v) is 5.86. The second-order valence-corrected chi connectivity index (χ2v) is 4.69. The minimum Gasteiger partial charge on any atom is -0.291 e. The van der Waals surface area contributed by atoms with Crippen LogP contribution in [0.1, 0.15) is 0 Å². The van der Waals surface area contributed by atoms with Gasteiger partial charge in [-0.1, -0.05) is 17.7 Å². The van der Waals surface area contributed by atoms with Crippen molar-refractivity contribution in [1.29, 1.82) is 0 Å². The van der Waals surface area contributed by atoms with Gasteiger partial charge in [0.1, 0.15) is 0 Å². The smallest absolute Gasteiger partial charge is 0.291 e. The van der Waals surface area contributed by atoms with E-state index in [0.29, 0.717) is 15.0 Å². The molecule has 1 aromatic carbocycles.